The molecular formula is C37H51N3O7. The van der Waals surface area contributed by atoms with Crippen molar-refractivity contribution in [3.8, 4) is 0 Å². The molecule has 0 spiro atoms. The summed E-state index contributed by atoms with van der Waals surface area (Å²) in [5.41, 5.74) is 1.12. The Hall–Kier alpha value is -3.96. The molecule has 0 radical (unpaired) electrons. The molecule has 0 unspecified atom stereocenters. The average Bonchev–Trinajstić information content (AvgIpc) is 3.00. The first-order valence-corrected chi connectivity index (χ1v) is 16.0. The molecule has 256 valence electrons. The summed E-state index contributed by atoms with van der Waals surface area (Å²) < 4.78 is 11.5. The normalized spacial score (nSPS) is 14.4. The van der Waals surface area contributed by atoms with Gasteiger partial charge in [-0.05, 0) is 64.2 Å². The Kier molecular flexibility index (Phi) is 14.2. The number of amides is 2. The van der Waals surface area contributed by atoms with E-state index in [0.717, 1.165) is 16.7 Å². The maximum atomic E-state index is 13.1. The van der Waals surface area contributed by atoms with E-state index in [4.69, 9.17) is 9.47 Å². The highest BCUT2D eigenvalue weighted by Gasteiger charge is 2.37. The molecule has 4 atom stereocenters. The van der Waals surface area contributed by atoms with Crippen LogP contribution < -0.4 is 10.6 Å². The molecule has 0 heterocycles. The van der Waals surface area contributed by atoms with Crippen molar-refractivity contribution >= 4 is 12.2 Å². The molecule has 0 aliphatic rings. The van der Waals surface area contributed by atoms with Crippen molar-refractivity contribution in [2.45, 2.75) is 89.5 Å². The Labute approximate surface area is 278 Å². The van der Waals surface area contributed by atoms with Gasteiger partial charge in [0.15, 0.2) is 0 Å². The van der Waals surface area contributed by atoms with E-state index >= 15 is 0 Å². The van der Waals surface area contributed by atoms with Crippen LogP contribution in [0.2, 0.25) is 0 Å². The van der Waals surface area contributed by atoms with E-state index in [0.29, 0.717) is 19.4 Å². The highest BCUT2D eigenvalue weighted by atomic mass is 16.6. The second-order valence-corrected chi connectivity index (χ2v) is 13.4. The first-order valence-electron chi connectivity index (χ1n) is 16.0. The first-order chi connectivity index (χ1) is 22.2. The number of benzene rings is 3. The van der Waals surface area contributed by atoms with Gasteiger partial charge in [-0.1, -0.05) is 91.0 Å². The van der Waals surface area contributed by atoms with E-state index < -0.39 is 47.6 Å². The average molecular weight is 650 g/mol. The molecule has 10 heteroatoms. The van der Waals surface area contributed by atoms with Crippen LogP contribution in [-0.4, -0.2) is 87.5 Å². The fraction of sp³-hybridized carbons (Fsp3) is 0.459. The number of hydrogen-bond donors (Lipinski definition) is 5. The van der Waals surface area contributed by atoms with Crippen molar-refractivity contribution in [1.29, 1.82) is 0 Å². The van der Waals surface area contributed by atoms with Crippen LogP contribution in [0.1, 0.15) is 51.3 Å². The largest absolute Gasteiger partial charge is 0.465 e. The van der Waals surface area contributed by atoms with Gasteiger partial charge in [-0.2, -0.15) is 0 Å². The number of aliphatic hydroxyl groups excluding tert-OH is 2. The Morgan fingerprint density at radius 1 is 0.745 bits per heavy atom. The molecular weight excluding hydrogens is 598 g/mol. The van der Waals surface area contributed by atoms with Gasteiger partial charge < -0.3 is 35.4 Å². The fourth-order valence-corrected chi connectivity index (χ4v) is 5.44. The summed E-state index contributed by atoms with van der Waals surface area (Å²) in [6, 6.07) is 27.1. The third-order valence-electron chi connectivity index (χ3n) is 7.70. The van der Waals surface area contributed by atoms with Crippen molar-refractivity contribution in [2.75, 3.05) is 19.7 Å². The first kappa shape index (κ1) is 37.5. The topological polar surface area (TPSA) is 141 Å². The van der Waals surface area contributed by atoms with Gasteiger partial charge in [0, 0.05) is 18.6 Å². The lowest BCUT2D eigenvalue weighted by Gasteiger charge is -2.42. The number of carbonyl (C=O) groups is 2. The minimum Gasteiger partial charge on any atom is -0.465 e. The van der Waals surface area contributed by atoms with Gasteiger partial charge >= 0.3 is 12.2 Å². The van der Waals surface area contributed by atoms with Gasteiger partial charge in [-0.25, -0.2) is 9.59 Å². The van der Waals surface area contributed by atoms with Crippen molar-refractivity contribution in [3.05, 3.63) is 108 Å². The van der Waals surface area contributed by atoms with Gasteiger partial charge in [-0.15, -0.1) is 0 Å². The van der Waals surface area contributed by atoms with Gasteiger partial charge in [0.1, 0.15) is 5.60 Å². The third-order valence-corrected chi connectivity index (χ3v) is 7.70. The van der Waals surface area contributed by atoms with Crippen molar-refractivity contribution in [3.63, 3.8) is 0 Å². The molecule has 0 fully saturated rings. The van der Waals surface area contributed by atoms with Crippen LogP contribution in [0.4, 0.5) is 9.59 Å². The summed E-state index contributed by atoms with van der Waals surface area (Å²) >= 11 is 0. The standard InChI is InChI=1S/C37H51N3O7/c1-36(2,3)40(35(44)45)31(22-28-17-11-7-12-18-28)33(42)24-38-23-32(41)30(21-27-15-9-6-10-16-27)39-34(43)47-37(4,5)26-46-25-29-19-13-8-14-20-29/h6-20,30-33,38,41-42H,21-26H2,1-5H3,(H,39,43)(H,44,45)/t30-,31-,32+,33+/m0/s1. The number of aliphatic hydroxyl groups is 2. The molecule has 0 saturated heterocycles. The zero-order valence-corrected chi connectivity index (χ0v) is 28.1. The van der Waals surface area contributed by atoms with Crippen molar-refractivity contribution in [1.82, 2.24) is 15.5 Å². The van der Waals surface area contributed by atoms with E-state index in [1.54, 1.807) is 34.6 Å². The number of ether oxygens (including phenoxy) is 2. The number of carbonyl (C=O) groups excluding carboxylic acids is 1. The van der Waals surface area contributed by atoms with Crippen LogP contribution in [0, 0.1) is 0 Å². The van der Waals surface area contributed by atoms with E-state index in [1.165, 1.54) is 4.90 Å². The predicted molar refractivity (Wildman–Crippen MR) is 182 cm³/mol. The van der Waals surface area contributed by atoms with Crippen LogP contribution in [0.5, 0.6) is 0 Å². The van der Waals surface area contributed by atoms with Crippen LogP contribution in [0.3, 0.4) is 0 Å². The monoisotopic (exact) mass is 649 g/mol. The molecule has 3 aromatic carbocycles. The number of alkyl carbamates (subject to hydrolysis) is 1. The molecule has 10 nitrogen and oxygen atoms in total. The predicted octanol–water partition coefficient (Wildman–Crippen LogP) is 5.02. The smallest absolute Gasteiger partial charge is 0.408 e. The van der Waals surface area contributed by atoms with Gasteiger partial charge in [0.2, 0.25) is 0 Å². The Morgan fingerprint density at radius 2 is 1.23 bits per heavy atom. The summed E-state index contributed by atoms with van der Waals surface area (Å²) in [5, 5.41) is 38.6. The number of nitrogens with one attached hydrogen (secondary N) is 2. The Balaban J connectivity index is 1.64. The Morgan fingerprint density at radius 3 is 1.74 bits per heavy atom. The number of rotatable bonds is 17. The minimum atomic E-state index is -1.13. The van der Waals surface area contributed by atoms with E-state index in [2.05, 4.69) is 10.6 Å². The molecule has 5 N–H and O–H groups in total. The minimum absolute atomic E-state index is 0.0166. The second-order valence-electron chi connectivity index (χ2n) is 13.4. The van der Waals surface area contributed by atoms with Crippen molar-refractivity contribution in [2.24, 2.45) is 0 Å². The zero-order chi connectivity index (χ0) is 34.5. The van der Waals surface area contributed by atoms with Crippen LogP contribution >= 0.6 is 0 Å². The van der Waals surface area contributed by atoms with E-state index in [-0.39, 0.29) is 19.7 Å². The van der Waals surface area contributed by atoms with E-state index in [9.17, 15) is 24.9 Å². The summed E-state index contributed by atoms with van der Waals surface area (Å²) in [6.07, 6.45) is -3.32. The quantitative estimate of drug-likeness (QED) is 0.137. The lowest BCUT2D eigenvalue weighted by molar-refractivity contribution is -0.0404. The highest BCUT2D eigenvalue weighted by molar-refractivity contribution is 5.68. The number of hydrogen-bond acceptors (Lipinski definition) is 7. The molecule has 0 aliphatic heterocycles. The lowest BCUT2D eigenvalue weighted by Crippen LogP contribution is -2.58. The second kappa shape index (κ2) is 17.8. The summed E-state index contributed by atoms with van der Waals surface area (Å²) in [7, 11) is 0. The van der Waals surface area contributed by atoms with Crippen LogP contribution in [-0.2, 0) is 28.9 Å². The van der Waals surface area contributed by atoms with Gasteiger partial charge in [0.25, 0.3) is 0 Å². The maximum Gasteiger partial charge on any atom is 0.408 e. The highest BCUT2D eigenvalue weighted by Crippen LogP contribution is 2.23. The van der Waals surface area contributed by atoms with Crippen LogP contribution in [0.15, 0.2) is 91.0 Å². The molecule has 0 saturated carbocycles. The van der Waals surface area contributed by atoms with Gasteiger partial charge in [0.05, 0.1) is 37.5 Å². The van der Waals surface area contributed by atoms with Gasteiger partial charge in [-0.3, -0.25) is 4.90 Å². The summed E-state index contributed by atoms with van der Waals surface area (Å²) in [5.74, 6) is 0. The molecule has 47 heavy (non-hydrogen) atoms. The lowest BCUT2D eigenvalue weighted by atomic mass is 9.94. The zero-order valence-electron chi connectivity index (χ0n) is 28.1. The SMILES string of the molecule is CC(C)(COCc1ccccc1)OC(=O)N[C@@H](Cc1ccccc1)[C@H](O)CNC[C@@H](O)[C@H](Cc1ccccc1)N(C(=O)O)C(C)(C)C. The molecule has 0 aliphatic carbocycles. The molecule has 2 amide bonds. The molecule has 3 rings (SSSR count). The fourth-order valence-electron chi connectivity index (χ4n) is 5.44. The number of carboxylic acid groups (broad SMARTS) is 1. The number of nitrogens with zero attached hydrogens (tertiary/aromatic N) is 1. The Bertz CT molecular complexity index is 1350. The molecule has 3 aromatic rings. The molecule has 0 aromatic heterocycles. The van der Waals surface area contributed by atoms with E-state index in [1.807, 2.05) is 91.0 Å². The summed E-state index contributed by atoms with van der Waals surface area (Å²) in [4.78, 5) is 26.7. The summed E-state index contributed by atoms with van der Waals surface area (Å²) in [6.45, 7) is 9.48. The van der Waals surface area contributed by atoms with Crippen LogP contribution in [0.25, 0.3) is 0 Å². The van der Waals surface area contributed by atoms with Crippen molar-refractivity contribution < 1.29 is 34.4 Å². The maximum absolute atomic E-state index is 13.1. The molecule has 0 bridgehead atoms. The third kappa shape index (κ3) is 13.0.